The third-order valence-electron chi connectivity index (χ3n) is 6.83. The van der Waals surface area contributed by atoms with Crippen molar-refractivity contribution in [2.75, 3.05) is 6.54 Å². The van der Waals surface area contributed by atoms with Gasteiger partial charge in [0.1, 0.15) is 5.69 Å². The molecule has 170 valence electrons. The van der Waals surface area contributed by atoms with Crippen molar-refractivity contribution in [2.45, 2.75) is 19.4 Å². The maximum absolute atomic E-state index is 11.3. The SMILES string of the molecule is O=CN1CCc2[nH]c3ccc(-c4ccn5nnc(Cc6ccc7ncccc7c6)c5n4)cc3c2C1. The van der Waals surface area contributed by atoms with Gasteiger partial charge in [-0.15, -0.1) is 5.10 Å². The number of H-pyrrole nitrogens is 1. The van der Waals surface area contributed by atoms with Gasteiger partial charge in [-0.1, -0.05) is 23.4 Å². The minimum Gasteiger partial charge on any atom is -0.358 e. The van der Waals surface area contributed by atoms with Gasteiger partial charge in [-0.2, -0.15) is 0 Å². The Morgan fingerprint density at radius 1 is 1.09 bits per heavy atom. The predicted molar refractivity (Wildman–Crippen MR) is 133 cm³/mol. The molecule has 1 aliphatic rings. The van der Waals surface area contributed by atoms with Gasteiger partial charge in [0.05, 0.1) is 11.2 Å². The first-order chi connectivity index (χ1) is 17.2. The lowest BCUT2D eigenvalue weighted by Gasteiger charge is -2.22. The quantitative estimate of drug-likeness (QED) is 0.404. The number of nitrogens with zero attached hydrogens (tertiary/aromatic N) is 6. The molecule has 6 aromatic rings. The van der Waals surface area contributed by atoms with E-state index in [9.17, 15) is 4.79 Å². The van der Waals surface area contributed by atoms with Crippen molar-refractivity contribution in [3.8, 4) is 11.3 Å². The first-order valence-electron chi connectivity index (χ1n) is 11.6. The number of carbonyl (C=O) groups is 1. The topological polar surface area (TPSA) is 92.1 Å². The van der Waals surface area contributed by atoms with Gasteiger partial charge in [-0.3, -0.25) is 9.78 Å². The van der Waals surface area contributed by atoms with Crippen LogP contribution in [0.15, 0.2) is 67.0 Å². The molecule has 0 aliphatic carbocycles. The maximum Gasteiger partial charge on any atom is 0.210 e. The van der Waals surface area contributed by atoms with Crippen molar-refractivity contribution >= 4 is 33.9 Å². The van der Waals surface area contributed by atoms with Crippen molar-refractivity contribution in [1.29, 1.82) is 0 Å². The van der Waals surface area contributed by atoms with Crippen molar-refractivity contribution < 1.29 is 4.79 Å². The molecule has 0 saturated carbocycles. The highest BCUT2D eigenvalue weighted by Gasteiger charge is 2.20. The van der Waals surface area contributed by atoms with E-state index in [2.05, 4.69) is 56.7 Å². The molecular formula is C27H21N7O. The molecule has 7 rings (SSSR count). The number of fused-ring (bicyclic) bond motifs is 5. The fraction of sp³-hybridized carbons (Fsp3) is 0.148. The van der Waals surface area contributed by atoms with Crippen LogP contribution < -0.4 is 0 Å². The molecule has 5 heterocycles. The summed E-state index contributed by atoms with van der Waals surface area (Å²) in [6.45, 7) is 1.38. The van der Waals surface area contributed by atoms with Crippen molar-refractivity contribution in [3.63, 3.8) is 0 Å². The number of carbonyl (C=O) groups excluding carboxylic acids is 1. The van der Waals surface area contributed by atoms with E-state index in [1.807, 2.05) is 29.3 Å². The highest BCUT2D eigenvalue weighted by atomic mass is 16.1. The maximum atomic E-state index is 11.3. The first kappa shape index (κ1) is 19.8. The van der Waals surface area contributed by atoms with Crippen LogP contribution in [0, 0.1) is 0 Å². The lowest BCUT2D eigenvalue weighted by atomic mass is 10.0. The third-order valence-corrected chi connectivity index (χ3v) is 6.83. The monoisotopic (exact) mass is 459 g/mol. The van der Waals surface area contributed by atoms with Crippen molar-refractivity contribution in [2.24, 2.45) is 0 Å². The number of hydrogen-bond donors (Lipinski definition) is 1. The minimum absolute atomic E-state index is 0.632. The molecule has 0 saturated heterocycles. The Bertz CT molecular complexity index is 1750. The summed E-state index contributed by atoms with van der Waals surface area (Å²) in [6.07, 6.45) is 6.12. The lowest BCUT2D eigenvalue weighted by Crippen LogP contribution is -2.28. The molecule has 2 aromatic carbocycles. The van der Waals surface area contributed by atoms with Gasteiger partial charge in [0.15, 0.2) is 5.65 Å². The fourth-order valence-electron chi connectivity index (χ4n) is 5.02. The second-order valence-corrected chi connectivity index (χ2v) is 8.99. The normalized spacial score (nSPS) is 13.5. The molecule has 0 spiro atoms. The molecular weight excluding hydrogens is 438 g/mol. The molecule has 35 heavy (non-hydrogen) atoms. The van der Waals surface area contributed by atoms with Gasteiger partial charge in [-0.05, 0) is 42.0 Å². The van der Waals surface area contributed by atoms with E-state index >= 15 is 0 Å². The molecule has 4 aromatic heterocycles. The molecule has 1 N–H and O–H groups in total. The molecule has 1 aliphatic heterocycles. The van der Waals surface area contributed by atoms with Crippen LogP contribution in [0.5, 0.6) is 0 Å². The highest BCUT2D eigenvalue weighted by molar-refractivity contribution is 5.89. The molecule has 0 atom stereocenters. The summed E-state index contributed by atoms with van der Waals surface area (Å²) < 4.78 is 1.72. The van der Waals surface area contributed by atoms with Crippen LogP contribution in [-0.4, -0.2) is 47.6 Å². The van der Waals surface area contributed by atoms with E-state index in [0.29, 0.717) is 13.0 Å². The smallest absolute Gasteiger partial charge is 0.210 e. The third kappa shape index (κ3) is 3.33. The standard InChI is InChI=1S/C27H21N7O/c35-16-33-10-7-25-21(15-33)20-14-19(4-6-24(20)29-25)23-8-11-34-27(30-23)26(31-32-34)13-17-3-5-22-18(12-17)2-1-9-28-22/h1-6,8-9,11-12,14,16,29H,7,10,13,15H2. The minimum atomic E-state index is 0.632. The van der Waals surface area contributed by atoms with Gasteiger partial charge >= 0.3 is 0 Å². The van der Waals surface area contributed by atoms with E-state index in [-0.39, 0.29) is 0 Å². The highest BCUT2D eigenvalue weighted by Crippen LogP contribution is 2.31. The number of pyridine rings is 1. The number of nitrogens with one attached hydrogen (secondary N) is 1. The summed E-state index contributed by atoms with van der Waals surface area (Å²) in [7, 11) is 0. The molecule has 8 heteroatoms. The molecule has 8 nitrogen and oxygen atoms in total. The van der Waals surface area contributed by atoms with Crippen molar-refractivity contribution in [3.05, 3.63) is 89.5 Å². The number of rotatable bonds is 4. The summed E-state index contributed by atoms with van der Waals surface area (Å²) in [5.74, 6) is 0. The van der Waals surface area contributed by atoms with Gasteiger partial charge in [0.2, 0.25) is 6.41 Å². The average Bonchev–Trinajstić information content (AvgIpc) is 3.48. The number of amides is 1. The first-order valence-corrected chi connectivity index (χ1v) is 11.6. The van der Waals surface area contributed by atoms with Gasteiger partial charge < -0.3 is 9.88 Å². The Balaban J connectivity index is 1.27. The average molecular weight is 460 g/mol. The van der Waals surface area contributed by atoms with E-state index in [1.54, 1.807) is 10.7 Å². The fourth-order valence-corrected chi connectivity index (χ4v) is 5.02. The Hall–Kier alpha value is -4.59. The van der Waals surface area contributed by atoms with Crippen LogP contribution in [-0.2, 0) is 24.2 Å². The Morgan fingerprint density at radius 2 is 2.06 bits per heavy atom. The van der Waals surface area contributed by atoms with Gasteiger partial charge in [-0.25, -0.2) is 9.50 Å². The van der Waals surface area contributed by atoms with Crippen LogP contribution in [0.2, 0.25) is 0 Å². The number of aromatic nitrogens is 6. The number of benzene rings is 2. The lowest BCUT2D eigenvalue weighted by molar-refractivity contribution is -0.118. The van der Waals surface area contributed by atoms with Crippen molar-refractivity contribution in [1.82, 2.24) is 34.7 Å². The van der Waals surface area contributed by atoms with E-state index in [0.717, 1.165) is 69.3 Å². The molecule has 0 bridgehead atoms. The summed E-state index contributed by atoms with van der Waals surface area (Å²) >= 11 is 0. The number of hydrogen-bond acceptors (Lipinski definition) is 5. The van der Waals surface area contributed by atoms with Gasteiger partial charge in [0.25, 0.3) is 0 Å². The Kier molecular flexibility index (Phi) is 4.38. The molecule has 0 radical (unpaired) electrons. The second kappa shape index (κ2) is 7.73. The summed E-state index contributed by atoms with van der Waals surface area (Å²) in [5.41, 5.74) is 9.07. The summed E-state index contributed by atoms with van der Waals surface area (Å²) in [5, 5.41) is 10.9. The Labute approximate surface area is 200 Å². The zero-order valence-corrected chi connectivity index (χ0v) is 18.8. The van der Waals surface area contributed by atoms with Crippen LogP contribution >= 0.6 is 0 Å². The summed E-state index contributed by atoms with van der Waals surface area (Å²) in [4.78, 5) is 26.0. The second-order valence-electron chi connectivity index (χ2n) is 8.99. The van der Waals surface area contributed by atoms with E-state index in [4.69, 9.17) is 4.98 Å². The van der Waals surface area contributed by atoms with Crippen LogP contribution in [0.4, 0.5) is 0 Å². The van der Waals surface area contributed by atoms with E-state index < -0.39 is 0 Å². The molecule has 0 fully saturated rings. The number of aromatic amines is 1. The van der Waals surface area contributed by atoms with Crippen LogP contribution in [0.25, 0.3) is 38.7 Å². The molecule has 0 unspecified atom stereocenters. The van der Waals surface area contributed by atoms with Gasteiger partial charge in [0, 0.05) is 71.4 Å². The van der Waals surface area contributed by atoms with Crippen LogP contribution in [0.1, 0.15) is 22.5 Å². The Morgan fingerprint density at radius 3 is 3.00 bits per heavy atom. The van der Waals surface area contributed by atoms with Crippen LogP contribution in [0.3, 0.4) is 0 Å². The van der Waals surface area contributed by atoms with E-state index in [1.165, 1.54) is 11.3 Å². The molecule has 1 amide bonds. The zero-order chi connectivity index (χ0) is 23.4. The largest absolute Gasteiger partial charge is 0.358 e. The predicted octanol–water partition coefficient (Wildman–Crippen LogP) is 3.93. The summed E-state index contributed by atoms with van der Waals surface area (Å²) in [6, 6.07) is 18.6. The zero-order valence-electron chi connectivity index (χ0n) is 18.8.